The van der Waals surface area contributed by atoms with Crippen molar-refractivity contribution in [1.82, 2.24) is 20.4 Å². The van der Waals surface area contributed by atoms with Gasteiger partial charge in [-0.15, -0.1) is 0 Å². The summed E-state index contributed by atoms with van der Waals surface area (Å²) in [5, 5.41) is 6.44. The molecular formula is C29H43N5O. The Kier molecular flexibility index (Phi) is 9.57. The van der Waals surface area contributed by atoms with Gasteiger partial charge in [-0.05, 0) is 62.5 Å². The molecule has 1 amide bonds. The zero-order valence-corrected chi connectivity index (χ0v) is 21.6. The minimum Gasteiger partial charge on any atom is -0.369 e. The van der Waals surface area contributed by atoms with Gasteiger partial charge in [-0.2, -0.15) is 0 Å². The number of nitrogens with one attached hydrogen (secondary N) is 2. The van der Waals surface area contributed by atoms with E-state index in [-0.39, 0.29) is 11.9 Å². The molecule has 1 atom stereocenters. The van der Waals surface area contributed by atoms with Gasteiger partial charge in [0.05, 0.1) is 6.54 Å². The second-order valence-electron chi connectivity index (χ2n) is 10.3. The van der Waals surface area contributed by atoms with Gasteiger partial charge in [0.2, 0.25) is 5.91 Å². The van der Waals surface area contributed by atoms with Crippen LogP contribution in [0, 0.1) is 6.92 Å². The number of piperazine rings is 1. The largest absolute Gasteiger partial charge is 0.369 e. The quantitative estimate of drug-likeness (QED) is 0.549. The van der Waals surface area contributed by atoms with E-state index in [4.69, 9.17) is 0 Å². The molecule has 0 saturated carbocycles. The Balaban J connectivity index is 1.18. The molecule has 1 unspecified atom stereocenters. The van der Waals surface area contributed by atoms with Crippen molar-refractivity contribution in [3.05, 3.63) is 65.2 Å². The lowest BCUT2D eigenvalue weighted by molar-refractivity contribution is -0.121. The molecule has 0 aromatic heterocycles. The summed E-state index contributed by atoms with van der Waals surface area (Å²) in [6, 6.07) is 17.4. The Morgan fingerprint density at radius 2 is 1.54 bits per heavy atom. The molecule has 2 aromatic rings. The summed E-state index contributed by atoms with van der Waals surface area (Å²) in [7, 11) is 0. The lowest BCUT2D eigenvalue weighted by Gasteiger charge is -2.38. The van der Waals surface area contributed by atoms with E-state index in [1.807, 2.05) is 12.1 Å². The molecule has 2 saturated heterocycles. The molecule has 2 heterocycles. The summed E-state index contributed by atoms with van der Waals surface area (Å²) in [4.78, 5) is 20.0. The van der Waals surface area contributed by atoms with Crippen molar-refractivity contribution in [2.75, 3.05) is 57.3 Å². The average Bonchev–Trinajstić information content (AvgIpc) is 2.87. The minimum absolute atomic E-state index is 0.0661. The maximum atomic E-state index is 12.4. The van der Waals surface area contributed by atoms with Gasteiger partial charge in [0, 0.05) is 57.5 Å². The molecule has 2 aliphatic heterocycles. The van der Waals surface area contributed by atoms with E-state index < -0.39 is 0 Å². The van der Waals surface area contributed by atoms with Gasteiger partial charge in [-0.1, -0.05) is 48.9 Å². The fourth-order valence-electron chi connectivity index (χ4n) is 5.36. The van der Waals surface area contributed by atoms with Gasteiger partial charge in [0.25, 0.3) is 0 Å². The van der Waals surface area contributed by atoms with Crippen molar-refractivity contribution in [1.29, 1.82) is 0 Å². The summed E-state index contributed by atoms with van der Waals surface area (Å²) in [5.74, 6) is 0.0661. The van der Waals surface area contributed by atoms with Crippen LogP contribution in [-0.2, 0) is 17.9 Å². The first-order valence-electron chi connectivity index (χ1n) is 13.4. The Hall–Kier alpha value is -2.41. The van der Waals surface area contributed by atoms with Crippen molar-refractivity contribution in [3.8, 4) is 0 Å². The Bertz CT molecular complexity index is 934. The van der Waals surface area contributed by atoms with Crippen molar-refractivity contribution < 1.29 is 4.79 Å². The third-order valence-corrected chi connectivity index (χ3v) is 7.35. The highest BCUT2D eigenvalue weighted by Gasteiger charge is 2.22. The number of carbonyl (C=O) groups is 1. The summed E-state index contributed by atoms with van der Waals surface area (Å²) in [5.41, 5.74) is 5.35. The van der Waals surface area contributed by atoms with E-state index in [0.29, 0.717) is 6.54 Å². The number of rotatable bonds is 10. The van der Waals surface area contributed by atoms with Crippen LogP contribution < -0.4 is 15.5 Å². The molecule has 6 heteroatoms. The third kappa shape index (κ3) is 7.79. The van der Waals surface area contributed by atoms with Gasteiger partial charge >= 0.3 is 0 Å². The monoisotopic (exact) mass is 477 g/mol. The molecule has 2 N–H and O–H groups in total. The maximum Gasteiger partial charge on any atom is 0.234 e. The van der Waals surface area contributed by atoms with Crippen molar-refractivity contribution in [2.24, 2.45) is 0 Å². The summed E-state index contributed by atoms with van der Waals surface area (Å²) < 4.78 is 0. The number of carbonyl (C=O) groups excluding carboxylic acids is 1. The van der Waals surface area contributed by atoms with Crippen LogP contribution in [0.15, 0.2) is 48.5 Å². The second kappa shape index (κ2) is 13.1. The van der Waals surface area contributed by atoms with Crippen LogP contribution in [0.2, 0.25) is 0 Å². The number of hydrogen-bond acceptors (Lipinski definition) is 5. The maximum absolute atomic E-state index is 12.4. The van der Waals surface area contributed by atoms with E-state index >= 15 is 0 Å². The molecule has 0 aliphatic carbocycles. The molecule has 4 rings (SSSR count). The fraction of sp³-hybridized carbons (Fsp3) is 0.552. The molecule has 0 radical (unpaired) electrons. The van der Waals surface area contributed by atoms with Crippen LogP contribution in [0.1, 0.15) is 42.9 Å². The normalized spacial score (nSPS) is 18.4. The number of aryl methyl sites for hydroxylation is 1. The molecule has 0 bridgehead atoms. The molecule has 0 spiro atoms. The first-order chi connectivity index (χ1) is 17.1. The topological polar surface area (TPSA) is 50.9 Å². The van der Waals surface area contributed by atoms with Crippen molar-refractivity contribution in [3.63, 3.8) is 0 Å². The number of piperidine rings is 1. The second-order valence-corrected chi connectivity index (χ2v) is 10.3. The van der Waals surface area contributed by atoms with Gasteiger partial charge < -0.3 is 15.5 Å². The highest BCUT2D eigenvalue weighted by molar-refractivity contribution is 5.78. The molecular weight excluding hydrogens is 434 g/mol. The molecule has 35 heavy (non-hydrogen) atoms. The van der Waals surface area contributed by atoms with Crippen molar-refractivity contribution in [2.45, 2.75) is 52.2 Å². The van der Waals surface area contributed by atoms with Crippen LogP contribution in [0.3, 0.4) is 0 Å². The Morgan fingerprint density at radius 3 is 2.29 bits per heavy atom. The number of anilines is 1. The van der Waals surface area contributed by atoms with Crippen LogP contribution >= 0.6 is 0 Å². The minimum atomic E-state index is 0.0661. The number of hydrogen-bond donors (Lipinski definition) is 2. The van der Waals surface area contributed by atoms with E-state index in [1.165, 1.54) is 54.7 Å². The Labute approximate surface area is 211 Å². The zero-order chi connectivity index (χ0) is 24.5. The molecule has 190 valence electrons. The average molecular weight is 478 g/mol. The van der Waals surface area contributed by atoms with E-state index in [2.05, 4.69) is 75.6 Å². The predicted octanol–water partition coefficient (Wildman–Crippen LogP) is 3.40. The van der Waals surface area contributed by atoms with Gasteiger partial charge in [-0.25, -0.2) is 0 Å². The van der Waals surface area contributed by atoms with Crippen LogP contribution in [0.5, 0.6) is 0 Å². The van der Waals surface area contributed by atoms with E-state index in [0.717, 1.165) is 45.8 Å². The number of amides is 1. The molecule has 2 aromatic carbocycles. The first-order valence-corrected chi connectivity index (χ1v) is 13.4. The third-order valence-electron chi connectivity index (χ3n) is 7.35. The summed E-state index contributed by atoms with van der Waals surface area (Å²) in [6.07, 6.45) is 4.04. The smallest absolute Gasteiger partial charge is 0.234 e. The lowest BCUT2D eigenvalue weighted by atomic mass is 10.1. The van der Waals surface area contributed by atoms with Gasteiger partial charge in [-0.3, -0.25) is 14.6 Å². The Morgan fingerprint density at radius 1 is 0.857 bits per heavy atom. The number of likely N-dealkylation sites (tertiary alicyclic amines) is 1. The molecule has 2 fully saturated rings. The van der Waals surface area contributed by atoms with Crippen LogP contribution in [0.25, 0.3) is 0 Å². The highest BCUT2D eigenvalue weighted by atomic mass is 16.2. The van der Waals surface area contributed by atoms with Crippen LogP contribution in [-0.4, -0.2) is 74.1 Å². The van der Waals surface area contributed by atoms with E-state index in [1.54, 1.807) is 0 Å². The summed E-state index contributed by atoms with van der Waals surface area (Å²) >= 11 is 0. The zero-order valence-electron chi connectivity index (χ0n) is 21.6. The predicted molar refractivity (Wildman–Crippen MR) is 145 cm³/mol. The fourth-order valence-corrected chi connectivity index (χ4v) is 5.36. The highest BCUT2D eigenvalue weighted by Crippen LogP contribution is 2.24. The van der Waals surface area contributed by atoms with Crippen molar-refractivity contribution >= 4 is 11.6 Å². The molecule has 6 nitrogen and oxygen atoms in total. The van der Waals surface area contributed by atoms with Gasteiger partial charge in [0.1, 0.15) is 0 Å². The SMILES string of the molecule is Cc1ccccc1CNCC(=O)NC(C)CN1CCN(c2ccccc2CN2CCCCC2)CC1. The lowest BCUT2D eigenvalue weighted by Crippen LogP contribution is -2.51. The number of benzene rings is 2. The summed E-state index contributed by atoms with van der Waals surface area (Å²) in [6.45, 7) is 13.8. The molecule has 2 aliphatic rings. The van der Waals surface area contributed by atoms with Crippen LogP contribution in [0.4, 0.5) is 5.69 Å². The number of nitrogens with zero attached hydrogens (tertiary/aromatic N) is 3. The standard InChI is InChI=1S/C29H43N5O/c1-24-10-4-5-11-26(24)20-30-21-29(35)31-25(2)22-33-16-18-34(19-17-33)28-13-7-6-12-27(28)23-32-14-8-3-9-15-32/h4-7,10-13,25,30H,3,8-9,14-23H2,1-2H3,(H,31,35). The van der Waals surface area contributed by atoms with E-state index in [9.17, 15) is 4.79 Å². The first kappa shape index (κ1) is 25.7. The number of para-hydroxylation sites is 1. The van der Waals surface area contributed by atoms with Gasteiger partial charge in [0.15, 0.2) is 0 Å².